The van der Waals surface area contributed by atoms with Crippen LogP contribution >= 0.6 is 15.9 Å². The quantitative estimate of drug-likeness (QED) is 0.838. The van der Waals surface area contributed by atoms with Gasteiger partial charge in [-0.15, -0.1) is 5.10 Å². The molecule has 0 aliphatic carbocycles. The number of aryl methyl sites for hydroxylation is 2. The number of anilines is 1. The zero-order chi connectivity index (χ0) is 14.1. The number of carbonyl (C=O) groups excluding carboxylic acids is 1. The molecule has 6 nitrogen and oxygen atoms in total. The summed E-state index contributed by atoms with van der Waals surface area (Å²) in [5, 5.41) is 10.8. The molecule has 0 spiro atoms. The van der Waals surface area contributed by atoms with Crippen molar-refractivity contribution < 1.29 is 4.79 Å². The van der Waals surface area contributed by atoms with E-state index in [1.54, 1.807) is 0 Å². The average Bonchev–Trinajstić information content (AvgIpc) is 2.90. The lowest BCUT2D eigenvalue weighted by molar-refractivity contribution is -0.119. The maximum absolute atomic E-state index is 12.5. The molecule has 1 aromatic carbocycles. The Kier molecular flexibility index (Phi) is 3.52. The topological polar surface area (TPSA) is 63.9 Å². The summed E-state index contributed by atoms with van der Waals surface area (Å²) in [4.78, 5) is 14.3. The van der Waals surface area contributed by atoms with E-state index in [2.05, 4.69) is 44.4 Å². The molecule has 0 unspecified atom stereocenters. The molecule has 1 aliphatic rings. The monoisotopic (exact) mass is 335 g/mol. The van der Waals surface area contributed by atoms with Crippen molar-refractivity contribution in [1.29, 1.82) is 0 Å². The number of tetrazole rings is 1. The van der Waals surface area contributed by atoms with Crippen LogP contribution in [0.3, 0.4) is 0 Å². The van der Waals surface area contributed by atoms with Gasteiger partial charge in [0.15, 0.2) is 0 Å². The summed E-state index contributed by atoms with van der Waals surface area (Å²) < 4.78 is 2.41. The van der Waals surface area contributed by atoms with Crippen molar-refractivity contribution in [2.75, 3.05) is 11.4 Å². The number of hydrogen-bond acceptors (Lipinski definition) is 4. The Labute approximate surface area is 124 Å². The molecule has 1 aliphatic heterocycles. The van der Waals surface area contributed by atoms with E-state index in [0.717, 1.165) is 29.5 Å². The second-order valence-electron chi connectivity index (χ2n) is 4.91. The van der Waals surface area contributed by atoms with Gasteiger partial charge in [0.1, 0.15) is 12.9 Å². The zero-order valence-electron chi connectivity index (χ0n) is 11.1. The van der Waals surface area contributed by atoms with Gasteiger partial charge in [-0.1, -0.05) is 6.07 Å². The molecule has 1 aromatic heterocycles. The number of carbonyl (C=O) groups is 1. The first-order valence-electron chi connectivity index (χ1n) is 6.45. The molecule has 0 saturated heterocycles. The third kappa shape index (κ3) is 2.45. The Hall–Kier alpha value is -1.76. The minimum absolute atomic E-state index is 0.00260. The molecule has 0 saturated carbocycles. The van der Waals surface area contributed by atoms with Crippen LogP contribution in [0.2, 0.25) is 0 Å². The SMILES string of the molecule is Cc1cc(Br)c2c(c1)CCCN2C(=O)Cn1cnnn1. The first-order chi connectivity index (χ1) is 9.65. The molecule has 104 valence electrons. The van der Waals surface area contributed by atoms with Crippen LogP contribution in [-0.4, -0.2) is 32.7 Å². The number of nitrogens with zero attached hydrogens (tertiary/aromatic N) is 5. The van der Waals surface area contributed by atoms with E-state index in [4.69, 9.17) is 0 Å². The van der Waals surface area contributed by atoms with E-state index in [0.29, 0.717) is 0 Å². The van der Waals surface area contributed by atoms with Crippen molar-refractivity contribution in [2.24, 2.45) is 0 Å². The maximum Gasteiger partial charge on any atom is 0.248 e. The highest BCUT2D eigenvalue weighted by molar-refractivity contribution is 9.10. The highest BCUT2D eigenvalue weighted by Crippen LogP contribution is 2.35. The lowest BCUT2D eigenvalue weighted by Crippen LogP contribution is -2.38. The Morgan fingerprint density at radius 2 is 2.30 bits per heavy atom. The molecule has 2 aromatic rings. The van der Waals surface area contributed by atoms with Gasteiger partial charge >= 0.3 is 0 Å². The van der Waals surface area contributed by atoms with Crippen LogP contribution in [0.1, 0.15) is 17.5 Å². The molecular weight excluding hydrogens is 322 g/mol. The average molecular weight is 336 g/mol. The Balaban J connectivity index is 1.91. The molecule has 0 radical (unpaired) electrons. The summed E-state index contributed by atoms with van der Waals surface area (Å²) in [5.41, 5.74) is 3.40. The number of hydrogen-bond donors (Lipinski definition) is 0. The highest BCUT2D eigenvalue weighted by Gasteiger charge is 2.25. The molecule has 0 atom stereocenters. The van der Waals surface area contributed by atoms with Gasteiger partial charge in [0.2, 0.25) is 5.91 Å². The molecule has 0 fully saturated rings. The molecule has 0 N–H and O–H groups in total. The van der Waals surface area contributed by atoms with Crippen molar-refractivity contribution in [3.8, 4) is 0 Å². The number of rotatable bonds is 2. The summed E-state index contributed by atoms with van der Waals surface area (Å²) in [5.74, 6) is 0.00260. The molecule has 3 rings (SSSR count). The summed E-state index contributed by atoms with van der Waals surface area (Å²) in [7, 11) is 0. The first-order valence-corrected chi connectivity index (χ1v) is 7.24. The van der Waals surface area contributed by atoms with Crippen LogP contribution in [0.5, 0.6) is 0 Å². The normalized spacial score (nSPS) is 14.2. The Bertz CT molecular complexity index is 640. The van der Waals surface area contributed by atoms with E-state index in [1.165, 1.54) is 22.1 Å². The second kappa shape index (κ2) is 5.32. The lowest BCUT2D eigenvalue weighted by Gasteiger charge is -2.30. The fraction of sp³-hybridized carbons (Fsp3) is 0.385. The van der Waals surface area contributed by atoms with Crippen molar-refractivity contribution in [2.45, 2.75) is 26.3 Å². The maximum atomic E-state index is 12.5. The van der Waals surface area contributed by atoms with E-state index in [-0.39, 0.29) is 12.5 Å². The standard InChI is InChI=1S/C13H14BrN5O/c1-9-5-10-3-2-4-19(13(10)11(14)6-9)12(20)7-18-8-15-16-17-18/h5-6,8H,2-4,7H2,1H3. The number of halogens is 1. The minimum atomic E-state index is 0.00260. The fourth-order valence-electron chi connectivity index (χ4n) is 2.56. The van der Waals surface area contributed by atoms with Gasteiger partial charge in [0, 0.05) is 11.0 Å². The van der Waals surface area contributed by atoms with Crippen molar-refractivity contribution >= 4 is 27.5 Å². The number of amides is 1. The van der Waals surface area contributed by atoms with Gasteiger partial charge in [-0.05, 0) is 63.3 Å². The van der Waals surface area contributed by atoms with Crippen LogP contribution in [0.4, 0.5) is 5.69 Å². The smallest absolute Gasteiger partial charge is 0.248 e. The van der Waals surface area contributed by atoms with Gasteiger partial charge in [0.25, 0.3) is 0 Å². The zero-order valence-corrected chi connectivity index (χ0v) is 12.7. The third-order valence-electron chi connectivity index (χ3n) is 3.37. The molecule has 7 heteroatoms. The van der Waals surface area contributed by atoms with Gasteiger partial charge in [-0.3, -0.25) is 4.79 Å². The molecular formula is C13H14BrN5O. The van der Waals surface area contributed by atoms with Gasteiger partial charge in [-0.2, -0.15) is 0 Å². The minimum Gasteiger partial charge on any atom is -0.309 e. The summed E-state index contributed by atoms with van der Waals surface area (Å²) in [6.07, 6.45) is 3.43. The Morgan fingerprint density at radius 1 is 1.45 bits per heavy atom. The number of fused-ring (bicyclic) bond motifs is 1. The lowest BCUT2D eigenvalue weighted by atomic mass is 9.99. The van der Waals surface area contributed by atoms with Crippen molar-refractivity contribution in [3.63, 3.8) is 0 Å². The van der Waals surface area contributed by atoms with E-state index >= 15 is 0 Å². The first kappa shape index (κ1) is 13.2. The predicted octanol–water partition coefficient (Wildman–Crippen LogP) is 1.72. The van der Waals surface area contributed by atoms with Crippen LogP contribution in [0.25, 0.3) is 0 Å². The molecule has 20 heavy (non-hydrogen) atoms. The predicted molar refractivity (Wildman–Crippen MR) is 77.4 cm³/mol. The highest BCUT2D eigenvalue weighted by atomic mass is 79.9. The number of benzene rings is 1. The summed E-state index contributed by atoms with van der Waals surface area (Å²) >= 11 is 3.58. The van der Waals surface area contributed by atoms with Gasteiger partial charge in [-0.25, -0.2) is 4.68 Å². The van der Waals surface area contributed by atoms with Crippen LogP contribution in [0, 0.1) is 6.92 Å². The summed E-state index contributed by atoms with van der Waals surface area (Å²) in [6, 6.07) is 4.19. The van der Waals surface area contributed by atoms with Crippen LogP contribution in [0.15, 0.2) is 22.9 Å². The largest absolute Gasteiger partial charge is 0.309 e. The third-order valence-corrected chi connectivity index (χ3v) is 3.98. The van der Waals surface area contributed by atoms with Gasteiger partial charge < -0.3 is 4.90 Å². The van der Waals surface area contributed by atoms with Crippen LogP contribution < -0.4 is 4.90 Å². The Morgan fingerprint density at radius 3 is 3.05 bits per heavy atom. The van der Waals surface area contributed by atoms with E-state index in [1.807, 2.05) is 11.0 Å². The number of aromatic nitrogens is 4. The molecule has 2 heterocycles. The van der Waals surface area contributed by atoms with E-state index < -0.39 is 0 Å². The fourth-order valence-corrected chi connectivity index (χ4v) is 3.39. The summed E-state index contributed by atoms with van der Waals surface area (Å²) in [6.45, 7) is 2.95. The van der Waals surface area contributed by atoms with Gasteiger partial charge in [0.05, 0.1) is 5.69 Å². The van der Waals surface area contributed by atoms with Crippen molar-refractivity contribution in [3.05, 3.63) is 34.1 Å². The second-order valence-corrected chi connectivity index (χ2v) is 5.77. The van der Waals surface area contributed by atoms with E-state index in [9.17, 15) is 4.79 Å². The van der Waals surface area contributed by atoms with Crippen LogP contribution in [-0.2, 0) is 17.8 Å². The van der Waals surface area contributed by atoms with Crippen molar-refractivity contribution in [1.82, 2.24) is 20.2 Å². The molecule has 1 amide bonds. The molecule has 0 bridgehead atoms.